The number of aliphatic hydroxyl groups is 1. The van der Waals surface area contributed by atoms with E-state index in [2.05, 4.69) is 0 Å². The number of hydrogen-bond donors (Lipinski definition) is 2. The number of carbonyl (C=O) groups excluding carboxylic acids is 1. The fourth-order valence-electron chi connectivity index (χ4n) is 2.68. The number of aliphatic hydroxyl groups excluding tert-OH is 1. The molecule has 1 aromatic rings. The first kappa shape index (κ1) is 18.0. The molecular weight excluding hydrogens is 333 g/mol. The number of halogens is 3. The number of aromatic hydroxyl groups is 1. The number of alkyl halides is 3. The summed E-state index contributed by atoms with van der Waals surface area (Å²) in [6, 6.07) is 3.12. The smallest absolute Gasteiger partial charge is 0.414 e. The summed E-state index contributed by atoms with van der Waals surface area (Å²) in [6.45, 7) is 0.0444. The highest BCUT2D eigenvalue weighted by atomic mass is 19.4. The van der Waals surface area contributed by atoms with Crippen LogP contribution in [0.5, 0.6) is 5.75 Å². The fraction of sp³-hybridized carbons (Fsp3) is 0.500. The molecule has 1 aromatic carbocycles. The lowest BCUT2D eigenvalue weighted by molar-refractivity contribution is -0.385. The normalized spacial score (nSPS) is 17.6. The minimum absolute atomic E-state index is 0.00733. The van der Waals surface area contributed by atoms with Gasteiger partial charge in [-0.2, -0.15) is 13.2 Å². The van der Waals surface area contributed by atoms with Crippen molar-refractivity contribution in [3.63, 3.8) is 0 Å². The van der Waals surface area contributed by atoms with E-state index < -0.39 is 40.5 Å². The largest absolute Gasteiger partial charge is 0.502 e. The zero-order chi connectivity index (χ0) is 18.1. The Hall–Kier alpha value is -2.36. The molecule has 1 aliphatic rings. The number of rotatable bonds is 3. The minimum atomic E-state index is -4.69. The predicted molar refractivity (Wildman–Crippen MR) is 75.5 cm³/mol. The molecular formula is C14H15F3N2O5. The molecule has 0 aliphatic carbocycles. The van der Waals surface area contributed by atoms with Gasteiger partial charge in [0.1, 0.15) is 0 Å². The molecule has 10 heteroatoms. The Kier molecular flexibility index (Phi) is 4.97. The van der Waals surface area contributed by atoms with E-state index in [1.807, 2.05) is 0 Å². The third-order valence-corrected chi connectivity index (χ3v) is 4.03. The van der Waals surface area contributed by atoms with Gasteiger partial charge in [0.25, 0.3) is 5.91 Å². The van der Waals surface area contributed by atoms with Gasteiger partial charge >= 0.3 is 11.9 Å². The van der Waals surface area contributed by atoms with E-state index in [0.717, 1.165) is 12.1 Å². The number of nitro benzene ring substituents is 1. The number of carbonyl (C=O) groups is 1. The molecule has 1 fully saturated rings. The third kappa shape index (κ3) is 3.75. The second-order valence-electron chi connectivity index (χ2n) is 5.58. The van der Waals surface area contributed by atoms with Crippen molar-refractivity contribution in [1.29, 1.82) is 0 Å². The molecule has 1 atom stereocenters. The molecule has 132 valence electrons. The molecule has 1 heterocycles. The van der Waals surface area contributed by atoms with E-state index in [0.29, 0.717) is 0 Å². The first-order valence-electron chi connectivity index (χ1n) is 7.12. The molecule has 0 saturated carbocycles. The number of phenolic OH excluding ortho intramolecular Hbond substituents is 1. The van der Waals surface area contributed by atoms with Crippen LogP contribution in [0.1, 0.15) is 23.2 Å². The van der Waals surface area contributed by atoms with Crippen molar-refractivity contribution in [2.45, 2.75) is 25.1 Å². The standard InChI is InChI=1S/C14H15F3N2O5/c15-14(16,17)12(21)8-3-5-18(6-4-8)13(22)9-1-2-10(19(23)24)11(20)7-9/h1-2,7-8,12,20-21H,3-6H2/t12-/m0/s1. The Labute approximate surface area is 134 Å². The number of nitro groups is 1. The van der Waals surface area contributed by atoms with Crippen molar-refractivity contribution in [2.75, 3.05) is 13.1 Å². The van der Waals surface area contributed by atoms with Crippen LogP contribution in [0.25, 0.3) is 0 Å². The summed E-state index contributed by atoms with van der Waals surface area (Å²) in [5.41, 5.74) is -0.536. The van der Waals surface area contributed by atoms with Crippen molar-refractivity contribution in [2.24, 2.45) is 5.92 Å². The highest BCUT2D eigenvalue weighted by molar-refractivity contribution is 5.95. The molecule has 1 amide bonds. The topological polar surface area (TPSA) is 104 Å². The maximum absolute atomic E-state index is 12.5. The number of phenols is 1. The van der Waals surface area contributed by atoms with Crippen LogP contribution >= 0.6 is 0 Å². The summed E-state index contributed by atoms with van der Waals surface area (Å²) in [7, 11) is 0. The molecule has 1 saturated heterocycles. The Morgan fingerprint density at radius 1 is 1.33 bits per heavy atom. The van der Waals surface area contributed by atoms with Crippen molar-refractivity contribution < 1.29 is 33.1 Å². The summed E-state index contributed by atoms with van der Waals surface area (Å²) in [6.07, 6.45) is -7.13. The van der Waals surface area contributed by atoms with Crippen LogP contribution in [-0.2, 0) is 0 Å². The van der Waals surface area contributed by atoms with Gasteiger partial charge in [0.2, 0.25) is 0 Å². The van der Waals surface area contributed by atoms with Gasteiger partial charge in [-0.25, -0.2) is 0 Å². The van der Waals surface area contributed by atoms with Gasteiger partial charge in [-0.1, -0.05) is 0 Å². The second-order valence-corrected chi connectivity index (χ2v) is 5.58. The monoisotopic (exact) mass is 348 g/mol. The van der Waals surface area contributed by atoms with E-state index in [9.17, 15) is 38.3 Å². The van der Waals surface area contributed by atoms with Crippen molar-refractivity contribution in [3.8, 4) is 5.75 Å². The maximum atomic E-state index is 12.5. The minimum Gasteiger partial charge on any atom is -0.502 e. The first-order chi connectivity index (χ1) is 11.1. The van der Waals surface area contributed by atoms with Gasteiger partial charge in [0, 0.05) is 24.7 Å². The summed E-state index contributed by atoms with van der Waals surface area (Å²) in [5, 5.41) is 29.4. The molecule has 0 bridgehead atoms. The average molecular weight is 348 g/mol. The summed E-state index contributed by atoms with van der Waals surface area (Å²) in [4.78, 5) is 23.4. The van der Waals surface area contributed by atoms with E-state index in [-0.39, 0.29) is 31.5 Å². The van der Waals surface area contributed by atoms with Gasteiger partial charge in [0.15, 0.2) is 11.9 Å². The zero-order valence-electron chi connectivity index (χ0n) is 12.4. The zero-order valence-corrected chi connectivity index (χ0v) is 12.4. The summed E-state index contributed by atoms with van der Waals surface area (Å²) < 4.78 is 37.5. The van der Waals surface area contributed by atoms with Crippen LogP contribution in [0.2, 0.25) is 0 Å². The summed E-state index contributed by atoms with van der Waals surface area (Å²) in [5.74, 6) is -2.17. The average Bonchev–Trinajstić information content (AvgIpc) is 2.52. The van der Waals surface area contributed by atoms with Crippen LogP contribution in [0.4, 0.5) is 18.9 Å². The van der Waals surface area contributed by atoms with E-state index in [1.165, 1.54) is 11.0 Å². The first-order valence-corrected chi connectivity index (χ1v) is 7.12. The number of likely N-dealkylation sites (tertiary alicyclic amines) is 1. The highest BCUT2D eigenvalue weighted by Gasteiger charge is 2.44. The van der Waals surface area contributed by atoms with E-state index in [4.69, 9.17) is 0 Å². The van der Waals surface area contributed by atoms with Crippen LogP contribution in [-0.4, -0.2) is 51.3 Å². The number of benzene rings is 1. The van der Waals surface area contributed by atoms with E-state index in [1.54, 1.807) is 0 Å². The van der Waals surface area contributed by atoms with Crippen molar-refractivity contribution in [1.82, 2.24) is 4.90 Å². The molecule has 0 spiro atoms. The lowest BCUT2D eigenvalue weighted by Crippen LogP contribution is -2.45. The van der Waals surface area contributed by atoms with Crippen LogP contribution in [0.15, 0.2) is 18.2 Å². The maximum Gasteiger partial charge on any atom is 0.414 e. The highest BCUT2D eigenvalue weighted by Crippen LogP contribution is 2.32. The molecule has 24 heavy (non-hydrogen) atoms. The van der Waals surface area contributed by atoms with Gasteiger partial charge < -0.3 is 15.1 Å². The van der Waals surface area contributed by atoms with Gasteiger partial charge in [0.05, 0.1) is 4.92 Å². The molecule has 0 unspecified atom stereocenters. The third-order valence-electron chi connectivity index (χ3n) is 4.03. The van der Waals surface area contributed by atoms with Crippen LogP contribution < -0.4 is 0 Å². The van der Waals surface area contributed by atoms with E-state index >= 15 is 0 Å². The predicted octanol–water partition coefficient (Wildman–Crippen LogP) is 2.08. The molecule has 2 N–H and O–H groups in total. The molecule has 7 nitrogen and oxygen atoms in total. The Morgan fingerprint density at radius 2 is 1.92 bits per heavy atom. The van der Waals surface area contributed by atoms with Gasteiger partial charge in [-0.15, -0.1) is 0 Å². The van der Waals surface area contributed by atoms with Crippen LogP contribution in [0.3, 0.4) is 0 Å². The van der Waals surface area contributed by atoms with Gasteiger partial charge in [-0.05, 0) is 30.9 Å². The number of hydrogen-bond acceptors (Lipinski definition) is 5. The Bertz CT molecular complexity index is 642. The lowest BCUT2D eigenvalue weighted by atomic mass is 9.90. The molecule has 0 aromatic heterocycles. The summed E-state index contributed by atoms with van der Waals surface area (Å²) >= 11 is 0. The Balaban J connectivity index is 2.03. The lowest BCUT2D eigenvalue weighted by Gasteiger charge is -2.34. The van der Waals surface area contributed by atoms with Gasteiger partial charge in [-0.3, -0.25) is 14.9 Å². The van der Waals surface area contributed by atoms with Crippen molar-refractivity contribution in [3.05, 3.63) is 33.9 Å². The molecule has 0 radical (unpaired) electrons. The molecule has 2 rings (SSSR count). The number of nitrogens with zero attached hydrogens (tertiary/aromatic N) is 2. The molecule has 1 aliphatic heterocycles. The van der Waals surface area contributed by atoms with Crippen molar-refractivity contribution >= 4 is 11.6 Å². The number of amides is 1. The Morgan fingerprint density at radius 3 is 2.38 bits per heavy atom. The number of piperidine rings is 1. The van der Waals surface area contributed by atoms with Crippen LogP contribution in [0, 0.1) is 16.0 Å². The quantitative estimate of drug-likeness (QED) is 0.643. The fourth-order valence-corrected chi connectivity index (χ4v) is 2.68. The SMILES string of the molecule is O=C(c1ccc([N+](=O)[O-])c(O)c1)N1CCC([C@H](O)C(F)(F)F)CC1. The second kappa shape index (κ2) is 6.63.